The number of halogens is 1. The van der Waals surface area contributed by atoms with Crippen molar-refractivity contribution in [3.8, 4) is 11.5 Å². The van der Waals surface area contributed by atoms with Crippen LogP contribution in [-0.2, 0) is 6.42 Å². The molecule has 0 aliphatic heterocycles. The average Bonchev–Trinajstić information content (AvgIpc) is 2.84. The molecule has 0 saturated heterocycles. The van der Waals surface area contributed by atoms with Gasteiger partial charge in [-0.3, -0.25) is 0 Å². The number of anilines is 1. The Bertz CT molecular complexity index is 548. The molecule has 19 heavy (non-hydrogen) atoms. The first-order valence-corrected chi connectivity index (χ1v) is 7.23. The Kier molecular flexibility index (Phi) is 4.98. The van der Waals surface area contributed by atoms with E-state index < -0.39 is 0 Å². The highest BCUT2D eigenvalue weighted by molar-refractivity contribution is 9.10. The smallest absolute Gasteiger partial charge is 0.210 e. The van der Waals surface area contributed by atoms with Gasteiger partial charge >= 0.3 is 0 Å². The number of rotatable bonds is 6. The van der Waals surface area contributed by atoms with Gasteiger partial charge < -0.3 is 14.8 Å². The molecule has 1 heterocycles. The van der Waals surface area contributed by atoms with Gasteiger partial charge in [0.05, 0.1) is 14.2 Å². The van der Waals surface area contributed by atoms with E-state index in [2.05, 4.69) is 30.6 Å². The van der Waals surface area contributed by atoms with Crippen molar-refractivity contribution in [3.63, 3.8) is 0 Å². The van der Waals surface area contributed by atoms with Gasteiger partial charge in [0.25, 0.3) is 0 Å². The second kappa shape index (κ2) is 6.72. The van der Waals surface area contributed by atoms with Gasteiger partial charge in [0.2, 0.25) is 9.87 Å². The van der Waals surface area contributed by atoms with Crippen LogP contribution >= 0.6 is 27.5 Å². The summed E-state index contributed by atoms with van der Waals surface area (Å²) in [7, 11) is 3.27. The lowest BCUT2D eigenvalue weighted by Crippen LogP contribution is -2.04. The van der Waals surface area contributed by atoms with E-state index >= 15 is 0 Å². The van der Waals surface area contributed by atoms with Crippen LogP contribution in [0.2, 0.25) is 0 Å². The second-order valence-corrected chi connectivity index (χ2v) is 5.20. The summed E-state index contributed by atoms with van der Waals surface area (Å²) in [6, 6.07) is 5.92. The summed E-state index contributed by atoms with van der Waals surface area (Å²) in [6.07, 6.45) is 0.873. The van der Waals surface area contributed by atoms with Gasteiger partial charge in [-0.1, -0.05) is 6.07 Å². The number of nitrogens with one attached hydrogen (secondary N) is 1. The van der Waals surface area contributed by atoms with E-state index in [0.717, 1.165) is 29.6 Å². The van der Waals surface area contributed by atoms with E-state index in [1.165, 1.54) is 17.1 Å². The molecule has 0 bridgehead atoms. The van der Waals surface area contributed by atoms with Crippen molar-refractivity contribution < 1.29 is 9.47 Å². The third-order valence-corrected chi connectivity index (χ3v) is 3.80. The van der Waals surface area contributed by atoms with Crippen molar-refractivity contribution in [1.29, 1.82) is 0 Å². The van der Waals surface area contributed by atoms with Gasteiger partial charge in [0.1, 0.15) is 0 Å². The highest BCUT2D eigenvalue weighted by Gasteiger charge is 2.05. The maximum atomic E-state index is 5.27. The maximum Gasteiger partial charge on any atom is 0.210 e. The Hall–Kier alpha value is -1.34. The molecule has 0 fully saturated rings. The molecule has 0 spiro atoms. The van der Waals surface area contributed by atoms with Crippen LogP contribution in [0.3, 0.4) is 0 Å². The molecule has 0 amide bonds. The van der Waals surface area contributed by atoms with E-state index in [4.69, 9.17) is 9.47 Å². The SMILES string of the molecule is COc1ccc(CCNc2nc(Br)ns2)cc1OC. The Labute approximate surface area is 124 Å². The maximum absolute atomic E-state index is 5.27. The zero-order chi connectivity index (χ0) is 13.7. The molecule has 1 N–H and O–H groups in total. The van der Waals surface area contributed by atoms with Crippen molar-refractivity contribution in [2.45, 2.75) is 6.42 Å². The minimum absolute atomic E-state index is 0.617. The van der Waals surface area contributed by atoms with Gasteiger partial charge in [-0.2, -0.15) is 9.36 Å². The third kappa shape index (κ3) is 3.81. The second-order valence-electron chi connectivity index (χ2n) is 3.73. The fourth-order valence-corrected chi connectivity index (χ4v) is 2.64. The summed E-state index contributed by atoms with van der Waals surface area (Å²) >= 11 is 4.56. The number of methoxy groups -OCH3 is 2. The lowest BCUT2D eigenvalue weighted by molar-refractivity contribution is 0.354. The van der Waals surface area contributed by atoms with Crippen LogP contribution in [0.25, 0.3) is 0 Å². The topological polar surface area (TPSA) is 56.3 Å². The lowest BCUT2D eigenvalue weighted by atomic mass is 10.1. The van der Waals surface area contributed by atoms with Crippen LogP contribution in [0.15, 0.2) is 22.9 Å². The normalized spacial score (nSPS) is 10.3. The van der Waals surface area contributed by atoms with Crippen LogP contribution in [-0.4, -0.2) is 30.1 Å². The predicted molar refractivity (Wildman–Crippen MR) is 79.3 cm³/mol. The van der Waals surface area contributed by atoms with E-state index in [1.807, 2.05) is 18.2 Å². The van der Waals surface area contributed by atoms with Crippen LogP contribution < -0.4 is 14.8 Å². The van der Waals surface area contributed by atoms with Crippen molar-refractivity contribution in [3.05, 3.63) is 28.5 Å². The molecule has 0 aliphatic carbocycles. The lowest BCUT2D eigenvalue weighted by Gasteiger charge is -2.09. The standard InChI is InChI=1S/C12H14BrN3O2S/c1-17-9-4-3-8(7-10(9)18-2)5-6-14-12-15-11(13)16-19-12/h3-4,7H,5-6H2,1-2H3,(H,14,15,16). The summed E-state index contributed by atoms with van der Waals surface area (Å²) in [6.45, 7) is 0.789. The molecule has 0 atom stereocenters. The highest BCUT2D eigenvalue weighted by Crippen LogP contribution is 2.27. The molecule has 0 unspecified atom stereocenters. The predicted octanol–water partition coefficient (Wildman–Crippen LogP) is 2.97. The number of benzene rings is 1. The summed E-state index contributed by atoms with van der Waals surface area (Å²) in [4.78, 5) is 4.17. The summed E-state index contributed by atoms with van der Waals surface area (Å²) in [5, 5.41) is 4.04. The number of hydrogen-bond acceptors (Lipinski definition) is 6. The van der Waals surface area contributed by atoms with Crippen LogP contribution in [0.1, 0.15) is 5.56 Å². The molecule has 0 saturated carbocycles. The Morgan fingerprint density at radius 3 is 2.68 bits per heavy atom. The molecule has 7 heteroatoms. The summed E-state index contributed by atoms with van der Waals surface area (Å²) < 4.78 is 15.1. The van der Waals surface area contributed by atoms with E-state index in [0.29, 0.717) is 4.73 Å². The largest absolute Gasteiger partial charge is 0.493 e. The number of ether oxygens (including phenoxy) is 2. The highest BCUT2D eigenvalue weighted by atomic mass is 79.9. The van der Waals surface area contributed by atoms with Gasteiger partial charge in [0.15, 0.2) is 11.5 Å². The first kappa shape index (κ1) is 14.1. The zero-order valence-electron chi connectivity index (χ0n) is 10.6. The Morgan fingerprint density at radius 2 is 2.05 bits per heavy atom. The Morgan fingerprint density at radius 1 is 1.26 bits per heavy atom. The summed E-state index contributed by atoms with van der Waals surface area (Å²) in [5.41, 5.74) is 1.17. The average molecular weight is 344 g/mol. The van der Waals surface area contributed by atoms with Crippen molar-refractivity contribution in [2.24, 2.45) is 0 Å². The van der Waals surface area contributed by atoms with Crippen LogP contribution in [0.4, 0.5) is 5.13 Å². The minimum atomic E-state index is 0.617. The van der Waals surface area contributed by atoms with Gasteiger partial charge in [-0.15, -0.1) is 0 Å². The molecular formula is C12H14BrN3O2S. The molecular weight excluding hydrogens is 330 g/mol. The van der Waals surface area contributed by atoms with Gasteiger partial charge in [0, 0.05) is 18.1 Å². The number of nitrogens with zero attached hydrogens (tertiary/aromatic N) is 2. The molecule has 1 aromatic carbocycles. The van der Waals surface area contributed by atoms with Crippen molar-refractivity contribution >= 4 is 32.6 Å². The fourth-order valence-electron chi connectivity index (χ4n) is 1.63. The van der Waals surface area contributed by atoms with Crippen molar-refractivity contribution in [1.82, 2.24) is 9.36 Å². The molecule has 1 aromatic heterocycles. The molecule has 5 nitrogen and oxygen atoms in total. The number of aromatic nitrogens is 2. The molecule has 2 rings (SSSR count). The van der Waals surface area contributed by atoms with Gasteiger partial charge in [-0.05, 0) is 40.0 Å². The van der Waals surface area contributed by atoms with E-state index in [-0.39, 0.29) is 0 Å². The van der Waals surface area contributed by atoms with Crippen LogP contribution in [0, 0.1) is 0 Å². The zero-order valence-corrected chi connectivity index (χ0v) is 13.0. The molecule has 2 aromatic rings. The molecule has 0 radical (unpaired) electrons. The molecule has 102 valence electrons. The monoisotopic (exact) mass is 343 g/mol. The van der Waals surface area contributed by atoms with E-state index in [1.54, 1.807) is 14.2 Å². The Balaban J connectivity index is 1.92. The van der Waals surface area contributed by atoms with Crippen molar-refractivity contribution in [2.75, 3.05) is 26.1 Å². The minimum Gasteiger partial charge on any atom is -0.493 e. The first-order chi connectivity index (χ1) is 9.22. The summed E-state index contributed by atoms with van der Waals surface area (Å²) in [5.74, 6) is 1.49. The van der Waals surface area contributed by atoms with Gasteiger partial charge in [-0.25, -0.2) is 0 Å². The quantitative estimate of drug-likeness (QED) is 0.873. The first-order valence-electron chi connectivity index (χ1n) is 5.67. The number of hydrogen-bond donors (Lipinski definition) is 1. The van der Waals surface area contributed by atoms with Crippen LogP contribution in [0.5, 0.6) is 11.5 Å². The fraction of sp³-hybridized carbons (Fsp3) is 0.333. The third-order valence-electron chi connectivity index (χ3n) is 2.54. The van der Waals surface area contributed by atoms with E-state index in [9.17, 15) is 0 Å². The molecule has 0 aliphatic rings.